The molecule has 1 unspecified atom stereocenters. The molecular weight excluding hydrogens is 302 g/mol. The molecule has 0 spiro atoms. The van der Waals surface area contributed by atoms with Crippen molar-refractivity contribution in [3.8, 4) is 0 Å². The molecule has 0 fully saturated rings. The van der Waals surface area contributed by atoms with Gasteiger partial charge in [0.25, 0.3) is 5.91 Å². The van der Waals surface area contributed by atoms with Gasteiger partial charge in [-0.3, -0.25) is 9.89 Å². The summed E-state index contributed by atoms with van der Waals surface area (Å²) in [6, 6.07) is 8.54. The molecule has 1 aromatic heterocycles. The van der Waals surface area contributed by atoms with E-state index in [1.807, 2.05) is 6.07 Å². The Morgan fingerprint density at radius 3 is 2.73 bits per heavy atom. The van der Waals surface area contributed by atoms with E-state index >= 15 is 0 Å². The molecule has 1 heterocycles. The second-order valence-corrected chi connectivity index (χ2v) is 5.72. The molecule has 0 aliphatic heterocycles. The second kappa shape index (κ2) is 7.42. The van der Waals surface area contributed by atoms with Crippen molar-refractivity contribution < 1.29 is 9.90 Å². The molecule has 22 heavy (non-hydrogen) atoms. The van der Waals surface area contributed by atoms with Gasteiger partial charge in [0.2, 0.25) is 0 Å². The van der Waals surface area contributed by atoms with Crippen molar-refractivity contribution in [3.63, 3.8) is 0 Å². The van der Waals surface area contributed by atoms with Crippen LogP contribution in [-0.2, 0) is 17.8 Å². The van der Waals surface area contributed by atoms with Gasteiger partial charge in [0, 0.05) is 12.1 Å². The van der Waals surface area contributed by atoms with E-state index in [-0.39, 0.29) is 5.91 Å². The van der Waals surface area contributed by atoms with Crippen LogP contribution in [0.5, 0.6) is 0 Å². The average molecular weight is 322 g/mol. The summed E-state index contributed by atoms with van der Waals surface area (Å²) in [5.74, 6) is -0.367. The molecule has 6 heteroatoms. The number of aromatic nitrogens is 2. The largest absolute Gasteiger partial charge is 0.378 e. The topological polar surface area (TPSA) is 69.2 Å². The maximum absolute atomic E-state index is 12.3. The van der Waals surface area contributed by atoms with Crippen LogP contribution in [0.15, 0.2) is 30.3 Å². The molecule has 1 amide bonds. The highest BCUT2D eigenvalue weighted by atomic mass is 35.5. The van der Waals surface area contributed by atoms with Crippen LogP contribution in [0, 0.1) is 0 Å². The van der Waals surface area contributed by atoms with Gasteiger partial charge in [-0.1, -0.05) is 37.1 Å². The molecule has 2 aromatic rings. The molecule has 2 rings (SSSR count). The number of nitrogens with one attached hydrogen (secondary N) is 1. The van der Waals surface area contributed by atoms with Crippen molar-refractivity contribution in [2.24, 2.45) is 0 Å². The summed E-state index contributed by atoms with van der Waals surface area (Å²) >= 11 is 5.81. The van der Waals surface area contributed by atoms with Gasteiger partial charge in [0.15, 0.2) is 6.10 Å². The van der Waals surface area contributed by atoms with Gasteiger partial charge < -0.3 is 10.0 Å². The quantitative estimate of drug-likeness (QED) is 0.859. The lowest BCUT2D eigenvalue weighted by atomic mass is 10.1. The number of aliphatic hydroxyl groups excluding tert-OH is 1. The van der Waals surface area contributed by atoms with E-state index in [9.17, 15) is 9.90 Å². The summed E-state index contributed by atoms with van der Waals surface area (Å²) in [5.41, 5.74) is 2.36. The van der Waals surface area contributed by atoms with Crippen molar-refractivity contribution in [1.82, 2.24) is 15.1 Å². The third-order valence-electron chi connectivity index (χ3n) is 3.39. The zero-order valence-corrected chi connectivity index (χ0v) is 13.5. The first-order valence-electron chi connectivity index (χ1n) is 7.23. The minimum Gasteiger partial charge on any atom is -0.378 e. The van der Waals surface area contributed by atoms with Crippen molar-refractivity contribution in [1.29, 1.82) is 0 Å². The van der Waals surface area contributed by atoms with Crippen LogP contribution in [0.25, 0.3) is 0 Å². The number of likely N-dealkylation sites (N-methyl/N-ethyl adjacent to an activating group) is 1. The van der Waals surface area contributed by atoms with E-state index in [0.717, 1.165) is 24.2 Å². The third-order valence-corrected chi connectivity index (χ3v) is 3.65. The number of hydrogen-bond donors (Lipinski definition) is 2. The number of aromatic amines is 1. The fourth-order valence-electron chi connectivity index (χ4n) is 2.20. The minimum absolute atomic E-state index is 0.367. The van der Waals surface area contributed by atoms with Crippen molar-refractivity contribution in [2.45, 2.75) is 32.4 Å². The highest BCUT2D eigenvalue weighted by Gasteiger charge is 2.21. The summed E-state index contributed by atoms with van der Waals surface area (Å²) in [7, 11) is 1.65. The van der Waals surface area contributed by atoms with Gasteiger partial charge in [-0.05, 0) is 30.2 Å². The first kappa shape index (κ1) is 16.5. The minimum atomic E-state index is -1.19. The average Bonchev–Trinajstić information content (AvgIpc) is 2.94. The Bertz CT molecular complexity index is 625. The first-order chi connectivity index (χ1) is 10.5. The van der Waals surface area contributed by atoms with Gasteiger partial charge in [0.1, 0.15) is 0 Å². The molecule has 0 radical (unpaired) electrons. The maximum Gasteiger partial charge on any atom is 0.256 e. The van der Waals surface area contributed by atoms with Gasteiger partial charge in [0.05, 0.1) is 17.9 Å². The Morgan fingerprint density at radius 2 is 2.09 bits per heavy atom. The number of nitrogens with zero attached hydrogens (tertiary/aromatic N) is 2. The molecule has 0 saturated heterocycles. The van der Waals surface area contributed by atoms with Gasteiger partial charge in [-0.25, -0.2) is 0 Å². The Kier molecular flexibility index (Phi) is 5.57. The number of rotatable bonds is 6. The Balaban J connectivity index is 1.99. The second-order valence-electron chi connectivity index (χ2n) is 5.28. The maximum atomic E-state index is 12.3. The predicted octanol–water partition coefficient (Wildman–Crippen LogP) is 2.71. The molecule has 1 aromatic carbocycles. The summed E-state index contributed by atoms with van der Waals surface area (Å²) in [6.07, 6.45) is 0.732. The summed E-state index contributed by atoms with van der Waals surface area (Å²) in [5, 5.41) is 17.8. The van der Waals surface area contributed by atoms with Gasteiger partial charge >= 0.3 is 0 Å². The number of hydrogen-bond acceptors (Lipinski definition) is 3. The Morgan fingerprint density at radius 1 is 1.41 bits per heavy atom. The lowest BCUT2D eigenvalue weighted by Gasteiger charge is -2.20. The van der Waals surface area contributed by atoms with Crippen molar-refractivity contribution in [3.05, 3.63) is 52.3 Å². The molecule has 0 saturated carbocycles. The van der Waals surface area contributed by atoms with Crippen LogP contribution in [-0.4, -0.2) is 33.2 Å². The Hall–Kier alpha value is -1.85. The van der Waals surface area contributed by atoms with Crippen LogP contribution in [0.2, 0.25) is 5.02 Å². The van der Waals surface area contributed by atoms with Gasteiger partial charge in [-0.2, -0.15) is 5.10 Å². The van der Waals surface area contributed by atoms with E-state index in [1.165, 1.54) is 4.90 Å². The molecule has 0 bridgehead atoms. The predicted molar refractivity (Wildman–Crippen MR) is 85.5 cm³/mol. The number of H-pyrrole nitrogens is 1. The van der Waals surface area contributed by atoms with Crippen molar-refractivity contribution >= 4 is 17.5 Å². The lowest BCUT2D eigenvalue weighted by Crippen LogP contribution is -2.31. The molecule has 1 atom stereocenters. The van der Waals surface area contributed by atoms with Crippen LogP contribution in [0.3, 0.4) is 0 Å². The summed E-state index contributed by atoms with van der Waals surface area (Å²) < 4.78 is 0. The molecule has 5 nitrogen and oxygen atoms in total. The highest BCUT2D eigenvalue weighted by Crippen LogP contribution is 2.19. The van der Waals surface area contributed by atoms with Gasteiger partial charge in [-0.15, -0.1) is 0 Å². The van der Waals surface area contributed by atoms with E-state index in [1.54, 1.807) is 31.3 Å². The number of halogens is 1. The fraction of sp³-hybridized carbons (Fsp3) is 0.375. The molecule has 0 aliphatic rings. The Labute approximate surface area is 134 Å². The van der Waals surface area contributed by atoms with E-state index in [4.69, 9.17) is 11.6 Å². The highest BCUT2D eigenvalue weighted by molar-refractivity contribution is 6.30. The summed E-state index contributed by atoms with van der Waals surface area (Å²) in [6.45, 7) is 2.46. The third kappa shape index (κ3) is 4.08. The zero-order valence-electron chi connectivity index (χ0n) is 12.7. The van der Waals surface area contributed by atoms with Crippen LogP contribution >= 0.6 is 11.6 Å². The van der Waals surface area contributed by atoms with Crippen LogP contribution in [0.1, 0.15) is 36.4 Å². The normalized spacial score (nSPS) is 12.2. The molecule has 118 valence electrons. The van der Waals surface area contributed by atoms with Crippen molar-refractivity contribution in [2.75, 3.05) is 7.05 Å². The number of aliphatic hydroxyl groups is 1. The van der Waals surface area contributed by atoms with Crippen LogP contribution < -0.4 is 0 Å². The summed E-state index contributed by atoms with van der Waals surface area (Å²) in [4.78, 5) is 13.7. The first-order valence-corrected chi connectivity index (χ1v) is 7.60. The number of amides is 1. The number of carbonyl (C=O) groups excluding carboxylic acids is 1. The van der Waals surface area contributed by atoms with E-state index < -0.39 is 6.10 Å². The number of carbonyl (C=O) groups is 1. The number of benzene rings is 1. The molecule has 2 N–H and O–H groups in total. The zero-order chi connectivity index (χ0) is 16.1. The smallest absolute Gasteiger partial charge is 0.256 e. The number of aryl methyl sites for hydroxylation is 1. The lowest BCUT2D eigenvalue weighted by molar-refractivity contribution is -0.139. The van der Waals surface area contributed by atoms with E-state index in [0.29, 0.717) is 17.1 Å². The SMILES string of the molecule is CCCc1cc(CN(C)C(=O)C(O)c2ccc(Cl)cc2)[nH]n1. The van der Waals surface area contributed by atoms with Crippen LogP contribution in [0.4, 0.5) is 0 Å². The fourth-order valence-corrected chi connectivity index (χ4v) is 2.33. The monoisotopic (exact) mass is 321 g/mol. The molecular formula is C16H20ClN3O2. The molecule has 0 aliphatic carbocycles. The standard InChI is InChI=1S/C16H20ClN3O2/c1-3-4-13-9-14(19-18-13)10-20(2)16(22)15(21)11-5-7-12(17)8-6-11/h5-9,15,21H,3-4,10H2,1-2H3,(H,18,19). The van der Waals surface area contributed by atoms with E-state index in [2.05, 4.69) is 17.1 Å².